The van der Waals surface area contributed by atoms with Crippen LogP contribution in [0.1, 0.15) is 23.6 Å². The number of carbonyl (C=O) groups is 1. The fourth-order valence-corrected chi connectivity index (χ4v) is 3.69. The molecule has 0 aliphatic carbocycles. The van der Waals surface area contributed by atoms with Crippen molar-refractivity contribution < 1.29 is 9.18 Å². The number of rotatable bonds is 1. The maximum atomic E-state index is 13.6. The second-order valence-corrected chi connectivity index (χ2v) is 5.66. The van der Waals surface area contributed by atoms with Gasteiger partial charge in [-0.3, -0.25) is 4.79 Å². The minimum absolute atomic E-state index is 0.00274. The summed E-state index contributed by atoms with van der Waals surface area (Å²) in [6.45, 7) is 0.739. The average Bonchev–Trinajstić information content (AvgIpc) is 3.04. The van der Waals surface area contributed by atoms with Crippen LogP contribution in [0.15, 0.2) is 48.5 Å². The van der Waals surface area contributed by atoms with Crippen LogP contribution in [-0.4, -0.2) is 12.5 Å². The average molecular weight is 282 g/mol. The lowest BCUT2D eigenvalue weighted by Crippen LogP contribution is -2.39. The van der Waals surface area contributed by atoms with Gasteiger partial charge in [-0.25, -0.2) is 4.39 Å². The molecular formula is C17H15FN2O. The third kappa shape index (κ3) is 1.66. The van der Waals surface area contributed by atoms with Crippen LogP contribution < -0.4 is 10.6 Å². The SMILES string of the molecule is O=C1Nc2ccccc2[C@]12CCN[C@@H]2c1cccc(F)c1. The van der Waals surface area contributed by atoms with E-state index in [9.17, 15) is 9.18 Å². The Morgan fingerprint density at radius 3 is 2.86 bits per heavy atom. The van der Waals surface area contributed by atoms with Crippen LogP contribution in [-0.2, 0) is 10.2 Å². The largest absolute Gasteiger partial charge is 0.325 e. The van der Waals surface area contributed by atoms with E-state index in [0.717, 1.165) is 29.8 Å². The van der Waals surface area contributed by atoms with Gasteiger partial charge in [0.15, 0.2) is 0 Å². The maximum Gasteiger partial charge on any atom is 0.237 e. The number of nitrogens with one attached hydrogen (secondary N) is 2. The van der Waals surface area contributed by atoms with Gasteiger partial charge in [-0.2, -0.15) is 0 Å². The summed E-state index contributed by atoms with van der Waals surface area (Å²) in [6.07, 6.45) is 0.719. The molecule has 1 spiro atoms. The lowest BCUT2D eigenvalue weighted by Gasteiger charge is -2.29. The molecule has 1 amide bonds. The van der Waals surface area contributed by atoms with Crippen molar-refractivity contribution in [1.29, 1.82) is 0 Å². The summed E-state index contributed by atoms with van der Waals surface area (Å²) < 4.78 is 13.6. The summed E-state index contributed by atoms with van der Waals surface area (Å²) in [5.74, 6) is -0.272. The number of hydrogen-bond acceptors (Lipinski definition) is 2. The van der Waals surface area contributed by atoms with Crippen LogP contribution in [0.25, 0.3) is 0 Å². The van der Waals surface area contributed by atoms with Crippen LogP contribution in [0, 0.1) is 5.82 Å². The minimum Gasteiger partial charge on any atom is -0.325 e. The molecule has 2 N–H and O–H groups in total. The van der Waals surface area contributed by atoms with Crippen molar-refractivity contribution >= 4 is 11.6 Å². The van der Waals surface area contributed by atoms with Crippen molar-refractivity contribution in [3.8, 4) is 0 Å². The van der Waals surface area contributed by atoms with Crippen LogP contribution in [0.3, 0.4) is 0 Å². The van der Waals surface area contributed by atoms with E-state index in [2.05, 4.69) is 10.6 Å². The highest BCUT2D eigenvalue weighted by Crippen LogP contribution is 2.50. The predicted octanol–water partition coefficient (Wildman–Crippen LogP) is 2.75. The van der Waals surface area contributed by atoms with E-state index in [-0.39, 0.29) is 17.8 Å². The predicted molar refractivity (Wildman–Crippen MR) is 78.5 cm³/mol. The molecule has 0 radical (unpaired) electrons. The third-order valence-electron chi connectivity index (χ3n) is 4.60. The van der Waals surface area contributed by atoms with Crippen molar-refractivity contribution in [3.05, 3.63) is 65.5 Å². The van der Waals surface area contributed by atoms with Crippen LogP contribution in [0.5, 0.6) is 0 Å². The van der Waals surface area contributed by atoms with E-state index in [0.29, 0.717) is 0 Å². The van der Waals surface area contributed by atoms with Crippen molar-refractivity contribution in [2.24, 2.45) is 0 Å². The van der Waals surface area contributed by atoms with Crippen LogP contribution in [0.2, 0.25) is 0 Å². The van der Waals surface area contributed by atoms with E-state index in [4.69, 9.17) is 0 Å². The number of carbonyl (C=O) groups excluding carboxylic acids is 1. The number of fused-ring (bicyclic) bond motifs is 2. The monoisotopic (exact) mass is 282 g/mol. The molecule has 3 nitrogen and oxygen atoms in total. The second kappa shape index (κ2) is 4.40. The first-order chi connectivity index (χ1) is 10.2. The summed E-state index contributed by atoms with van der Waals surface area (Å²) in [6, 6.07) is 14.1. The first-order valence-corrected chi connectivity index (χ1v) is 7.11. The van der Waals surface area contributed by atoms with Gasteiger partial charge in [-0.15, -0.1) is 0 Å². The van der Waals surface area contributed by atoms with Crippen LogP contribution in [0.4, 0.5) is 10.1 Å². The Bertz CT molecular complexity index is 730. The Balaban J connectivity index is 1.89. The standard InChI is InChI=1S/C17H15FN2O/c18-12-5-3-4-11(10-12)15-17(8-9-19-15)13-6-1-2-7-14(13)20-16(17)21/h1-7,10,15,19H,8-9H2,(H,20,21)/t15-,17+/m1/s1. The Kier molecular flexibility index (Phi) is 2.62. The highest BCUT2D eigenvalue weighted by molar-refractivity contribution is 6.07. The number of anilines is 1. The summed E-state index contributed by atoms with van der Waals surface area (Å²) in [4.78, 5) is 12.7. The van der Waals surface area contributed by atoms with Gasteiger partial charge in [-0.05, 0) is 42.3 Å². The maximum absolute atomic E-state index is 13.6. The number of para-hydroxylation sites is 1. The van der Waals surface area contributed by atoms with Gasteiger partial charge in [0.05, 0.1) is 11.5 Å². The summed E-state index contributed by atoms with van der Waals surface area (Å²) in [7, 11) is 0. The molecule has 0 aromatic heterocycles. The molecule has 0 unspecified atom stereocenters. The fourth-order valence-electron chi connectivity index (χ4n) is 3.69. The molecule has 1 fully saturated rings. The van der Waals surface area contributed by atoms with Gasteiger partial charge in [0.2, 0.25) is 5.91 Å². The van der Waals surface area contributed by atoms with Gasteiger partial charge < -0.3 is 10.6 Å². The zero-order valence-corrected chi connectivity index (χ0v) is 11.4. The van der Waals surface area contributed by atoms with Gasteiger partial charge in [0.1, 0.15) is 5.82 Å². The third-order valence-corrected chi connectivity index (χ3v) is 4.60. The first kappa shape index (κ1) is 12.5. The Labute approximate surface area is 122 Å². The molecule has 21 heavy (non-hydrogen) atoms. The smallest absolute Gasteiger partial charge is 0.237 e. The molecule has 2 heterocycles. The molecule has 4 rings (SSSR count). The lowest BCUT2D eigenvalue weighted by molar-refractivity contribution is -0.121. The summed E-state index contributed by atoms with van der Waals surface area (Å²) in [5.41, 5.74) is 2.06. The molecule has 4 heteroatoms. The van der Waals surface area contributed by atoms with Crippen molar-refractivity contribution in [2.45, 2.75) is 17.9 Å². The van der Waals surface area contributed by atoms with Crippen molar-refractivity contribution in [3.63, 3.8) is 0 Å². The molecule has 2 atom stereocenters. The molecule has 106 valence electrons. The topological polar surface area (TPSA) is 41.1 Å². The second-order valence-electron chi connectivity index (χ2n) is 5.66. The van der Waals surface area contributed by atoms with E-state index in [1.807, 2.05) is 30.3 Å². The highest BCUT2D eigenvalue weighted by Gasteiger charge is 2.55. The van der Waals surface area contributed by atoms with Crippen molar-refractivity contribution in [1.82, 2.24) is 5.32 Å². The van der Waals surface area contributed by atoms with Gasteiger partial charge in [-0.1, -0.05) is 30.3 Å². The van der Waals surface area contributed by atoms with Crippen LogP contribution >= 0.6 is 0 Å². The fraction of sp³-hybridized carbons (Fsp3) is 0.235. The van der Waals surface area contributed by atoms with E-state index >= 15 is 0 Å². The van der Waals surface area contributed by atoms with Crippen molar-refractivity contribution in [2.75, 3.05) is 11.9 Å². The molecule has 2 aliphatic rings. The molecule has 1 saturated heterocycles. The zero-order chi connectivity index (χ0) is 14.4. The summed E-state index contributed by atoms with van der Waals surface area (Å²) in [5, 5.41) is 6.35. The number of hydrogen-bond donors (Lipinski definition) is 2. The van der Waals surface area contributed by atoms with E-state index in [1.54, 1.807) is 6.07 Å². The highest BCUT2D eigenvalue weighted by atomic mass is 19.1. The quantitative estimate of drug-likeness (QED) is 0.844. The molecule has 0 saturated carbocycles. The van der Waals surface area contributed by atoms with Gasteiger partial charge >= 0.3 is 0 Å². The zero-order valence-electron chi connectivity index (χ0n) is 11.4. The number of halogens is 1. The van der Waals surface area contributed by atoms with Gasteiger partial charge in [0, 0.05) is 5.69 Å². The Hall–Kier alpha value is -2.20. The normalized spacial score (nSPS) is 26.9. The Morgan fingerprint density at radius 1 is 1.14 bits per heavy atom. The molecule has 2 aliphatic heterocycles. The molecule has 2 aromatic carbocycles. The first-order valence-electron chi connectivity index (χ1n) is 7.11. The van der Waals surface area contributed by atoms with E-state index in [1.165, 1.54) is 12.1 Å². The molecule has 2 aromatic rings. The molecule has 0 bridgehead atoms. The van der Waals surface area contributed by atoms with E-state index < -0.39 is 5.41 Å². The minimum atomic E-state index is -0.635. The summed E-state index contributed by atoms with van der Waals surface area (Å²) >= 11 is 0. The molecular weight excluding hydrogens is 267 g/mol. The number of amides is 1. The van der Waals surface area contributed by atoms with Gasteiger partial charge in [0.25, 0.3) is 0 Å². The Morgan fingerprint density at radius 2 is 2.00 bits per heavy atom. The number of benzene rings is 2. The lowest BCUT2D eigenvalue weighted by atomic mass is 9.73.